The Labute approximate surface area is 163 Å². The summed E-state index contributed by atoms with van der Waals surface area (Å²) in [4.78, 5) is 16.6. The van der Waals surface area contributed by atoms with E-state index in [0.29, 0.717) is 49.1 Å². The van der Waals surface area contributed by atoms with Gasteiger partial charge in [-0.1, -0.05) is 22.9 Å². The molecule has 27 heavy (non-hydrogen) atoms. The number of carbonyl (C=O) groups is 1. The lowest BCUT2D eigenvalue weighted by atomic mass is 10.2. The Morgan fingerprint density at radius 1 is 1.22 bits per heavy atom. The van der Waals surface area contributed by atoms with Crippen molar-refractivity contribution in [3.05, 3.63) is 40.7 Å². The zero-order valence-electron chi connectivity index (χ0n) is 15.3. The lowest BCUT2D eigenvalue weighted by molar-refractivity contribution is 0.0637. The largest absolute Gasteiger partial charge is 0.335 e. The third kappa shape index (κ3) is 4.85. The average Bonchev–Trinajstić information content (AvgIpc) is 3.01. The Hall–Kier alpha value is -1.97. The van der Waals surface area contributed by atoms with E-state index < -0.39 is 9.84 Å². The van der Waals surface area contributed by atoms with E-state index in [-0.39, 0.29) is 11.7 Å². The quantitative estimate of drug-likeness (QED) is 0.730. The molecular weight excluding hydrogens is 390 g/mol. The van der Waals surface area contributed by atoms with Gasteiger partial charge in [0.1, 0.15) is 9.84 Å². The van der Waals surface area contributed by atoms with Crippen molar-refractivity contribution < 1.29 is 13.2 Å². The maximum absolute atomic E-state index is 12.8. The van der Waals surface area contributed by atoms with E-state index in [1.807, 2.05) is 12.1 Å². The van der Waals surface area contributed by atoms with E-state index >= 15 is 0 Å². The van der Waals surface area contributed by atoms with Gasteiger partial charge in [-0.15, -0.1) is 5.10 Å². The Morgan fingerprint density at radius 2 is 1.93 bits per heavy atom. The summed E-state index contributed by atoms with van der Waals surface area (Å²) < 4.78 is 24.2. The zero-order chi connectivity index (χ0) is 19.6. The fourth-order valence-electron chi connectivity index (χ4n) is 3.00. The van der Waals surface area contributed by atoms with Crippen molar-refractivity contribution in [1.82, 2.24) is 24.8 Å². The molecule has 1 fully saturated rings. The van der Waals surface area contributed by atoms with Crippen LogP contribution in [0.4, 0.5) is 0 Å². The van der Waals surface area contributed by atoms with Gasteiger partial charge in [-0.25, -0.2) is 13.1 Å². The lowest BCUT2D eigenvalue weighted by Gasteiger charge is -2.34. The van der Waals surface area contributed by atoms with E-state index in [2.05, 4.69) is 15.2 Å². The number of aromatic nitrogens is 3. The molecular formula is C17H22ClN5O3S. The molecule has 2 heterocycles. The van der Waals surface area contributed by atoms with Gasteiger partial charge in [0.15, 0.2) is 5.69 Å². The number of amides is 1. The highest BCUT2D eigenvalue weighted by atomic mass is 35.5. The first kappa shape index (κ1) is 19.8. The molecule has 1 aliphatic rings. The van der Waals surface area contributed by atoms with E-state index in [0.717, 1.165) is 5.69 Å². The summed E-state index contributed by atoms with van der Waals surface area (Å²) in [5.41, 5.74) is 1.72. The van der Waals surface area contributed by atoms with Gasteiger partial charge >= 0.3 is 0 Å². The van der Waals surface area contributed by atoms with Gasteiger partial charge in [-0.3, -0.25) is 9.69 Å². The Bertz CT molecular complexity index is 936. The highest BCUT2D eigenvalue weighted by molar-refractivity contribution is 7.90. The van der Waals surface area contributed by atoms with E-state index in [1.54, 1.807) is 28.6 Å². The molecule has 0 aliphatic carbocycles. The van der Waals surface area contributed by atoms with Crippen molar-refractivity contribution in [3.63, 3.8) is 0 Å². The van der Waals surface area contributed by atoms with E-state index in [1.165, 1.54) is 6.26 Å². The number of sulfone groups is 1. The van der Waals surface area contributed by atoms with Crippen LogP contribution in [0.5, 0.6) is 0 Å². The highest BCUT2D eigenvalue weighted by Crippen LogP contribution is 2.18. The Balaban J connectivity index is 1.66. The van der Waals surface area contributed by atoms with Gasteiger partial charge in [-0.05, 0) is 25.1 Å². The van der Waals surface area contributed by atoms with Crippen molar-refractivity contribution in [1.29, 1.82) is 0 Å². The summed E-state index contributed by atoms with van der Waals surface area (Å²) in [6.07, 6.45) is 1.23. The minimum absolute atomic E-state index is 0.133. The first-order chi connectivity index (χ1) is 12.7. The molecule has 0 radical (unpaired) electrons. The van der Waals surface area contributed by atoms with Gasteiger partial charge in [0.2, 0.25) is 0 Å². The number of piperazine rings is 1. The second kappa shape index (κ2) is 7.95. The topological polar surface area (TPSA) is 88.4 Å². The number of hydrogen-bond acceptors (Lipinski definition) is 6. The molecule has 2 aromatic rings. The smallest absolute Gasteiger partial charge is 0.276 e. The molecule has 1 saturated heterocycles. The van der Waals surface area contributed by atoms with Crippen LogP contribution in [-0.4, -0.2) is 83.9 Å². The molecule has 0 saturated carbocycles. The van der Waals surface area contributed by atoms with Crippen molar-refractivity contribution in [2.45, 2.75) is 6.92 Å². The molecule has 146 valence electrons. The van der Waals surface area contributed by atoms with Gasteiger partial charge < -0.3 is 4.90 Å². The zero-order valence-corrected chi connectivity index (χ0v) is 16.9. The molecule has 0 bridgehead atoms. The van der Waals surface area contributed by atoms with Crippen LogP contribution >= 0.6 is 11.6 Å². The number of hydrogen-bond donors (Lipinski definition) is 0. The fraction of sp³-hybridized carbons (Fsp3) is 0.471. The number of nitrogens with zero attached hydrogens (tertiary/aromatic N) is 5. The predicted molar refractivity (Wildman–Crippen MR) is 103 cm³/mol. The van der Waals surface area contributed by atoms with Crippen molar-refractivity contribution in [2.75, 3.05) is 44.7 Å². The molecule has 0 unspecified atom stereocenters. The fourth-order valence-corrected chi connectivity index (χ4v) is 3.77. The van der Waals surface area contributed by atoms with E-state index in [4.69, 9.17) is 11.6 Å². The maximum Gasteiger partial charge on any atom is 0.276 e. The highest BCUT2D eigenvalue weighted by Gasteiger charge is 2.26. The lowest BCUT2D eigenvalue weighted by Crippen LogP contribution is -2.49. The second-order valence-corrected chi connectivity index (χ2v) is 9.38. The van der Waals surface area contributed by atoms with Crippen LogP contribution in [0, 0.1) is 6.92 Å². The molecule has 1 aromatic heterocycles. The summed E-state index contributed by atoms with van der Waals surface area (Å²) in [7, 11) is -2.98. The molecule has 1 aromatic carbocycles. The summed E-state index contributed by atoms with van der Waals surface area (Å²) in [6, 6.07) is 7.20. The number of rotatable bonds is 5. The van der Waals surface area contributed by atoms with Crippen LogP contribution < -0.4 is 0 Å². The molecule has 1 aliphatic heterocycles. The van der Waals surface area contributed by atoms with Crippen molar-refractivity contribution >= 4 is 27.3 Å². The van der Waals surface area contributed by atoms with Crippen molar-refractivity contribution in [2.24, 2.45) is 0 Å². The summed E-state index contributed by atoms with van der Waals surface area (Å²) >= 11 is 6.03. The minimum Gasteiger partial charge on any atom is -0.335 e. The molecule has 10 heteroatoms. The van der Waals surface area contributed by atoms with Gasteiger partial charge in [0.25, 0.3) is 5.91 Å². The van der Waals surface area contributed by atoms with Crippen LogP contribution in [0.25, 0.3) is 5.69 Å². The number of benzene rings is 1. The molecule has 0 N–H and O–H groups in total. The minimum atomic E-state index is -2.98. The first-order valence-electron chi connectivity index (χ1n) is 8.62. The average molecular weight is 412 g/mol. The molecule has 0 atom stereocenters. The molecule has 8 nitrogen and oxygen atoms in total. The second-order valence-electron chi connectivity index (χ2n) is 6.68. The van der Waals surface area contributed by atoms with E-state index in [9.17, 15) is 13.2 Å². The van der Waals surface area contributed by atoms with Crippen LogP contribution in [0.15, 0.2) is 24.3 Å². The van der Waals surface area contributed by atoms with Crippen LogP contribution in [0.1, 0.15) is 16.2 Å². The number of carbonyl (C=O) groups excluding carboxylic acids is 1. The Kier molecular flexibility index (Phi) is 5.83. The Morgan fingerprint density at radius 3 is 2.56 bits per heavy atom. The monoisotopic (exact) mass is 411 g/mol. The van der Waals surface area contributed by atoms with Gasteiger partial charge in [0.05, 0.1) is 17.1 Å². The van der Waals surface area contributed by atoms with Crippen LogP contribution in [0.3, 0.4) is 0 Å². The van der Waals surface area contributed by atoms with Crippen LogP contribution in [-0.2, 0) is 9.84 Å². The number of halogens is 1. The van der Waals surface area contributed by atoms with Crippen LogP contribution in [0.2, 0.25) is 5.02 Å². The summed E-state index contributed by atoms with van der Waals surface area (Å²) in [5.74, 6) is -0.0304. The normalized spacial score (nSPS) is 15.9. The third-order valence-electron chi connectivity index (χ3n) is 4.59. The molecule has 3 rings (SSSR count). The first-order valence-corrected chi connectivity index (χ1v) is 11.1. The van der Waals surface area contributed by atoms with Gasteiger partial charge in [-0.2, -0.15) is 0 Å². The SMILES string of the molecule is Cc1c(C(=O)N2CCN(CCS(C)(=O)=O)CC2)nnn1-c1cccc(Cl)c1. The summed E-state index contributed by atoms with van der Waals surface area (Å²) in [6.45, 7) is 4.64. The maximum atomic E-state index is 12.8. The predicted octanol–water partition coefficient (Wildman–Crippen LogP) is 1.03. The van der Waals surface area contributed by atoms with Crippen molar-refractivity contribution in [3.8, 4) is 5.69 Å². The molecule has 0 spiro atoms. The standard InChI is InChI=1S/C17H22ClN5O3S/c1-13-16(19-20-23(13)15-5-3-4-14(18)12-15)17(24)22-8-6-21(7-9-22)10-11-27(2,25)26/h3-5,12H,6-11H2,1-2H3. The summed E-state index contributed by atoms with van der Waals surface area (Å²) in [5, 5.41) is 8.75. The third-order valence-corrected chi connectivity index (χ3v) is 5.75. The molecule has 1 amide bonds. The van der Waals surface area contributed by atoms with Gasteiger partial charge in [0, 0.05) is 44.0 Å².